The lowest BCUT2D eigenvalue weighted by molar-refractivity contribution is -0.125. The molecule has 130 valence electrons. The molecule has 1 aromatic carbocycles. The fourth-order valence-corrected chi connectivity index (χ4v) is 4.10. The van der Waals surface area contributed by atoms with Gasteiger partial charge >= 0.3 is 0 Å². The number of imide groups is 2. The van der Waals surface area contributed by atoms with Gasteiger partial charge in [0.05, 0.1) is 0 Å². The maximum atomic E-state index is 12.8. The van der Waals surface area contributed by atoms with E-state index in [1.165, 1.54) is 4.90 Å². The lowest BCUT2D eigenvalue weighted by Crippen LogP contribution is -2.45. The van der Waals surface area contributed by atoms with Gasteiger partial charge in [0.15, 0.2) is 5.37 Å². The van der Waals surface area contributed by atoms with E-state index in [0.29, 0.717) is 17.4 Å². The van der Waals surface area contributed by atoms with Gasteiger partial charge in [0.1, 0.15) is 5.25 Å². The van der Waals surface area contributed by atoms with Gasteiger partial charge in [0.25, 0.3) is 16.4 Å². The Hall–Kier alpha value is -2.33. The molecule has 0 radical (unpaired) electrons. The Kier molecular flexibility index (Phi) is 4.82. The van der Waals surface area contributed by atoms with Crippen molar-refractivity contribution in [3.63, 3.8) is 0 Å². The fraction of sp³-hybridized carbons (Fsp3) is 0.267. The first-order valence-electron chi connectivity index (χ1n) is 7.27. The Morgan fingerprint density at radius 1 is 1.00 bits per heavy atom. The molecule has 3 rings (SSSR count). The van der Waals surface area contributed by atoms with Gasteiger partial charge in [-0.3, -0.25) is 39.5 Å². The highest BCUT2D eigenvalue weighted by Crippen LogP contribution is 2.31. The van der Waals surface area contributed by atoms with Crippen molar-refractivity contribution in [3.8, 4) is 0 Å². The number of anilines is 1. The van der Waals surface area contributed by atoms with Gasteiger partial charge < -0.3 is 0 Å². The second kappa shape index (κ2) is 6.89. The van der Waals surface area contributed by atoms with E-state index in [-0.39, 0.29) is 6.42 Å². The largest absolute Gasteiger partial charge is 0.290 e. The Morgan fingerprint density at radius 3 is 2.12 bits per heavy atom. The molecule has 10 heteroatoms. The number of thioether (sulfide) groups is 2. The molecule has 0 bridgehead atoms. The number of aryl methyl sites for hydroxylation is 1. The zero-order chi connectivity index (χ0) is 18.1. The SMILES string of the molecule is Cc1ccc(N(C(=O)CC2SC(=O)NC2=O)C2SC(=O)NC2=O)cc1. The van der Waals surface area contributed by atoms with E-state index >= 15 is 0 Å². The van der Waals surface area contributed by atoms with Crippen LogP contribution in [0.25, 0.3) is 0 Å². The number of amides is 5. The summed E-state index contributed by atoms with van der Waals surface area (Å²) in [5.41, 5.74) is 1.40. The first kappa shape index (κ1) is 17.5. The summed E-state index contributed by atoms with van der Waals surface area (Å²) in [6.45, 7) is 1.88. The highest BCUT2D eigenvalue weighted by atomic mass is 32.2. The van der Waals surface area contributed by atoms with Crippen molar-refractivity contribution in [2.45, 2.75) is 24.0 Å². The van der Waals surface area contributed by atoms with Crippen molar-refractivity contribution in [2.24, 2.45) is 0 Å². The molecule has 2 atom stereocenters. The van der Waals surface area contributed by atoms with Gasteiger partial charge in [-0.1, -0.05) is 29.5 Å². The zero-order valence-corrected chi connectivity index (χ0v) is 14.6. The van der Waals surface area contributed by atoms with Crippen LogP contribution in [0.3, 0.4) is 0 Å². The predicted octanol–water partition coefficient (Wildman–Crippen LogP) is 1.38. The van der Waals surface area contributed by atoms with Crippen molar-refractivity contribution < 1.29 is 24.0 Å². The van der Waals surface area contributed by atoms with Crippen LogP contribution in [0.4, 0.5) is 15.3 Å². The maximum Gasteiger partial charge on any atom is 0.288 e. The molecule has 1 aromatic rings. The predicted molar refractivity (Wildman–Crippen MR) is 93.1 cm³/mol. The van der Waals surface area contributed by atoms with Crippen LogP contribution in [-0.4, -0.2) is 38.8 Å². The van der Waals surface area contributed by atoms with Crippen LogP contribution in [0, 0.1) is 6.92 Å². The summed E-state index contributed by atoms with van der Waals surface area (Å²) in [5.74, 6) is -1.65. The monoisotopic (exact) mass is 379 g/mol. The van der Waals surface area contributed by atoms with Gasteiger partial charge in [-0.25, -0.2) is 0 Å². The number of rotatable bonds is 4. The molecular weight excluding hydrogens is 366 g/mol. The van der Waals surface area contributed by atoms with E-state index in [0.717, 1.165) is 17.3 Å². The summed E-state index contributed by atoms with van der Waals surface area (Å²) in [4.78, 5) is 60.5. The number of hydrogen-bond acceptors (Lipinski definition) is 7. The standard InChI is InChI=1S/C15H13N3O5S2/c1-7-2-4-8(5-3-7)18(13-12(21)17-15(23)25-13)10(19)6-9-11(20)16-14(22)24-9/h2-5,9,13H,6H2,1H3,(H,16,20,22)(H,17,21,23). The van der Waals surface area contributed by atoms with Crippen LogP contribution < -0.4 is 15.5 Å². The smallest absolute Gasteiger partial charge is 0.288 e. The molecule has 2 fully saturated rings. The molecule has 0 aliphatic carbocycles. The summed E-state index contributed by atoms with van der Waals surface area (Å²) in [7, 11) is 0. The topological polar surface area (TPSA) is 113 Å². The molecule has 2 saturated heterocycles. The summed E-state index contributed by atoms with van der Waals surface area (Å²) in [6, 6.07) is 6.87. The Morgan fingerprint density at radius 2 is 1.60 bits per heavy atom. The maximum absolute atomic E-state index is 12.8. The second-order valence-corrected chi connectivity index (χ2v) is 7.66. The minimum absolute atomic E-state index is 0.255. The third-order valence-corrected chi connectivity index (χ3v) is 5.56. The van der Waals surface area contributed by atoms with E-state index in [1.807, 2.05) is 6.92 Å². The lowest BCUT2D eigenvalue weighted by atomic mass is 10.2. The highest BCUT2D eigenvalue weighted by Gasteiger charge is 2.42. The molecule has 8 nitrogen and oxygen atoms in total. The normalized spacial score (nSPS) is 22.8. The third-order valence-electron chi connectivity index (χ3n) is 3.61. The van der Waals surface area contributed by atoms with E-state index in [9.17, 15) is 24.0 Å². The quantitative estimate of drug-likeness (QED) is 0.812. The van der Waals surface area contributed by atoms with Crippen molar-refractivity contribution in [1.82, 2.24) is 10.6 Å². The molecule has 25 heavy (non-hydrogen) atoms. The van der Waals surface area contributed by atoms with Gasteiger partial charge in [-0.15, -0.1) is 0 Å². The van der Waals surface area contributed by atoms with Crippen LogP contribution in [0.2, 0.25) is 0 Å². The van der Waals surface area contributed by atoms with Crippen LogP contribution in [0.1, 0.15) is 12.0 Å². The van der Waals surface area contributed by atoms with Crippen molar-refractivity contribution in [2.75, 3.05) is 4.90 Å². The van der Waals surface area contributed by atoms with Gasteiger partial charge in [-0.2, -0.15) is 0 Å². The average Bonchev–Trinajstić information content (AvgIpc) is 3.03. The number of benzene rings is 1. The summed E-state index contributed by atoms with van der Waals surface area (Å²) < 4.78 is 0. The molecule has 2 aliphatic heterocycles. The Balaban J connectivity index is 1.88. The number of nitrogens with zero attached hydrogens (tertiary/aromatic N) is 1. The molecule has 2 heterocycles. The molecule has 2 aliphatic rings. The molecular formula is C15H13N3O5S2. The van der Waals surface area contributed by atoms with Crippen molar-refractivity contribution >= 4 is 57.4 Å². The first-order valence-corrected chi connectivity index (χ1v) is 9.03. The number of carbonyl (C=O) groups is 5. The fourth-order valence-electron chi connectivity index (χ4n) is 2.42. The lowest BCUT2D eigenvalue weighted by Gasteiger charge is -2.27. The van der Waals surface area contributed by atoms with Crippen LogP contribution >= 0.6 is 23.5 Å². The summed E-state index contributed by atoms with van der Waals surface area (Å²) in [6.07, 6.45) is -0.255. The van der Waals surface area contributed by atoms with Gasteiger partial charge in [0, 0.05) is 12.1 Å². The van der Waals surface area contributed by atoms with E-state index in [2.05, 4.69) is 10.6 Å². The minimum atomic E-state index is -1.05. The Labute approximate surface area is 151 Å². The molecule has 2 N–H and O–H groups in total. The van der Waals surface area contributed by atoms with Crippen molar-refractivity contribution in [1.29, 1.82) is 0 Å². The molecule has 0 aromatic heterocycles. The summed E-state index contributed by atoms with van der Waals surface area (Å²) in [5, 5.41) is 1.32. The van der Waals surface area contributed by atoms with Gasteiger partial charge in [-0.05, 0) is 30.8 Å². The molecule has 5 amide bonds. The number of nitrogens with one attached hydrogen (secondary N) is 2. The van der Waals surface area contributed by atoms with E-state index in [4.69, 9.17) is 0 Å². The van der Waals surface area contributed by atoms with Crippen LogP contribution in [0.15, 0.2) is 24.3 Å². The minimum Gasteiger partial charge on any atom is -0.290 e. The first-order chi connectivity index (χ1) is 11.8. The molecule has 0 spiro atoms. The van der Waals surface area contributed by atoms with Crippen molar-refractivity contribution in [3.05, 3.63) is 29.8 Å². The van der Waals surface area contributed by atoms with E-state index in [1.54, 1.807) is 24.3 Å². The van der Waals surface area contributed by atoms with Gasteiger partial charge in [0.2, 0.25) is 11.8 Å². The molecule has 0 saturated carbocycles. The van der Waals surface area contributed by atoms with Crippen LogP contribution in [-0.2, 0) is 14.4 Å². The Bertz CT molecular complexity index is 780. The van der Waals surface area contributed by atoms with E-state index < -0.39 is 38.8 Å². The average molecular weight is 379 g/mol. The highest BCUT2D eigenvalue weighted by molar-refractivity contribution is 8.15. The summed E-state index contributed by atoms with van der Waals surface area (Å²) >= 11 is 1.44. The number of hydrogen-bond donors (Lipinski definition) is 2. The van der Waals surface area contributed by atoms with Crippen LogP contribution in [0.5, 0.6) is 0 Å². The molecule has 2 unspecified atom stereocenters. The third kappa shape index (κ3) is 3.69. The number of carbonyl (C=O) groups excluding carboxylic acids is 5. The second-order valence-electron chi connectivity index (χ2n) is 5.43. The zero-order valence-electron chi connectivity index (χ0n) is 13.0.